The van der Waals surface area contributed by atoms with E-state index in [0.717, 1.165) is 89.5 Å². The second-order valence-electron chi connectivity index (χ2n) is 14.5. The highest BCUT2D eigenvalue weighted by Gasteiger charge is 2.20. The lowest BCUT2D eigenvalue weighted by Crippen LogP contribution is -1.98. The summed E-state index contributed by atoms with van der Waals surface area (Å²) in [6.45, 7) is 0. The van der Waals surface area contributed by atoms with Gasteiger partial charge in [0.05, 0.1) is 22.8 Å². The van der Waals surface area contributed by atoms with E-state index in [1.165, 1.54) is 0 Å². The molecule has 5 nitrogen and oxygen atoms in total. The highest BCUT2D eigenvalue weighted by atomic mass is 14.9. The number of hydrogen-bond donors (Lipinski definition) is 0. The molecule has 0 saturated heterocycles. The van der Waals surface area contributed by atoms with Gasteiger partial charge in [-0.15, -0.1) is 0 Å². The number of nitrogens with zero attached hydrogens (tertiary/aromatic N) is 5. The summed E-state index contributed by atoms with van der Waals surface area (Å²) in [5.41, 5.74) is 15.9. The van der Waals surface area contributed by atoms with Crippen molar-refractivity contribution in [2.75, 3.05) is 0 Å². The van der Waals surface area contributed by atoms with E-state index in [9.17, 15) is 0 Å². The molecular formula is C55H37N5. The van der Waals surface area contributed by atoms with E-state index >= 15 is 0 Å². The van der Waals surface area contributed by atoms with Crippen LogP contribution in [0.15, 0.2) is 225 Å². The SMILES string of the molecule is c1ccc(-c2cc(-c3ccccc3)nc(-c3cccc(-c4cccc(-c5ccccc5-c5cc(-c6ccccc6)nc(-c6ccccc6)n5)c4-c4ccncc4)c3)n2)cc1. The van der Waals surface area contributed by atoms with Crippen molar-refractivity contribution >= 4 is 0 Å². The molecule has 60 heavy (non-hydrogen) atoms. The molecule has 0 bridgehead atoms. The van der Waals surface area contributed by atoms with Crippen molar-refractivity contribution in [2.24, 2.45) is 0 Å². The van der Waals surface area contributed by atoms with Gasteiger partial charge in [-0.25, -0.2) is 19.9 Å². The van der Waals surface area contributed by atoms with Gasteiger partial charge in [0, 0.05) is 45.8 Å². The van der Waals surface area contributed by atoms with Gasteiger partial charge >= 0.3 is 0 Å². The third-order valence-electron chi connectivity index (χ3n) is 10.7. The highest BCUT2D eigenvalue weighted by Crippen LogP contribution is 2.44. The molecule has 0 saturated carbocycles. The Bertz CT molecular complexity index is 2950. The maximum atomic E-state index is 5.24. The standard InChI is InChI=1S/C55H37N5/c1-5-17-38(18-6-1)49-36-50(39-19-7-2-8-20-39)59-55(58-49)44-26-15-25-43(35-44)45-29-16-30-48(53(45)41-31-33-56-34-32-41)46-27-13-14-28-47(46)52-37-51(40-21-9-3-10-22-40)57-54(60-52)42-23-11-4-12-24-42/h1-37H. The number of aromatic nitrogens is 5. The van der Waals surface area contributed by atoms with E-state index in [2.05, 4.69) is 145 Å². The minimum Gasteiger partial charge on any atom is -0.265 e. The van der Waals surface area contributed by atoms with Crippen molar-refractivity contribution in [3.63, 3.8) is 0 Å². The normalized spacial score (nSPS) is 11.0. The Labute approximate surface area is 349 Å². The van der Waals surface area contributed by atoms with Gasteiger partial charge in [-0.05, 0) is 63.7 Å². The van der Waals surface area contributed by atoms with Crippen LogP contribution in [0.1, 0.15) is 0 Å². The first-order valence-corrected chi connectivity index (χ1v) is 20.0. The van der Waals surface area contributed by atoms with E-state index < -0.39 is 0 Å². The van der Waals surface area contributed by atoms with Gasteiger partial charge in [0.15, 0.2) is 11.6 Å². The number of pyridine rings is 1. The van der Waals surface area contributed by atoms with E-state index in [0.29, 0.717) is 11.6 Å². The van der Waals surface area contributed by atoms with Crippen molar-refractivity contribution in [1.29, 1.82) is 0 Å². The summed E-state index contributed by atoms with van der Waals surface area (Å²) < 4.78 is 0. The Kier molecular flexibility index (Phi) is 9.88. The second-order valence-corrected chi connectivity index (χ2v) is 14.5. The zero-order valence-corrected chi connectivity index (χ0v) is 32.6. The fourth-order valence-electron chi connectivity index (χ4n) is 7.76. The maximum absolute atomic E-state index is 5.24. The van der Waals surface area contributed by atoms with Crippen LogP contribution in [0.3, 0.4) is 0 Å². The first-order chi connectivity index (χ1) is 29.7. The van der Waals surface area contributed by atoms with Crippen molar-refractivity contribution in [3.8, 4) is 101 Å². The number of rotatable bonds is 9. The third kappa shape index (κ3) is 7.39. The molecule has 0 aliphatic rings. The predicted octanol–water partition coefficient (Wildman–Crippen LogP) is 13.7. The Morgan fingerprint density at radius 1 is 0.233 bits per heavy atom. The fourth-order valence-corrected chi connectivity index (χ4v) is 7.76. The fraction of sp³-hybridized carbons (Fsp3) is 0. The molecule has 10 aromatic rings. The van der Waals surface area contributed by atoms with Gasteiger partial charge in [-0.2, -0.15) is 0 Å². The van der Waals surface area contributed by atoms with Gasteiger partial charge in [-0.3, -0.25) is 4.98 Å². The molecule has 7 aromatic carbocycles. The average Bonchev–Trinajstić information content (AvgIpc) is 3.35. The van der Waals surface area contributed by atoms with Crippen LogP contribution in [0.4, 0.5) is 0 Å². The Morgan fingerprint density at radius 3 is 1.22 bits per heavy atom. The topological polar surface area (TPSA) is 64.5 Å². The monoisotopic (exact) mass is 767 g/mol. The lowest BCUT2D eigenvalue weighted by atomic mass is 9.85. The average molecular weight is 768 g/mol. The lowest BCUT2D eigenvalue weighted by molar-refractivity contribution is 1.18. The van der Waals surface area contributed by atoms with Crippen molar-refractivity contribution < 1.29 is 0 Å². The van der Waals surface area contributed by atoms with Crippen LogP contribution in [-0.4, -0.2) is 24.9 Å². The second kappa shape index (κ2) is 16.4. The van der Waals surface area contributed by atoms with Crippen LogP contribution in [-0.2, 0) is 0 Å². The third-order valence-corrected chi connectivity index (χ3v) is 10.7. The molecular weight excluding hydrogens is 731 g/mol. The zero-order valence-electron chi connectivity index (χ0n) is 32.6. The molecule has 5 heteroatoms. The molecule has 0 amide bonds. The lowest BCUT2D eigenvalue weighted by Gasteiger charge is -2.19. The highest BCUT2D eigenvalue weighted by molar-refractivity contribution is 5.98. The Balaban J connectivity index is 1.15. The molecule has 0 atom stereocenters. The molecule has 3 heterocycles. The Hall–Kier alpha value is -8.15. The van der Waals surface area contributed by atoms with Crippen LogP contribution >= 0.6 is 0 Å². The maximum Gasteiger partial charge on any atom is 0.160 e. The summed E-state index contributed by atoms with van der Waals surface area (Å²) >= 11 is 0. The van der Waals surface area contributed by atoms with Crippen LogP contribution in [0.25, 0.3) is 101 Å². The van der Waals surface area contributed by atoms with Crippen molar-refractivity contribution in [1.82, 2.24) is 24.9 Å². The minimum absolute atomic E-state index is 0.663. The number of benzene rings is 7. The molecule has 0 N–H and O–H groups in total. The largest absolute Gasteiger partial charge is 0.265 e. The predicted molar refractivity (Wildman–Crippen MR) is 244 cm³/mol. The van der Waals surface area contributed by atoms with Gasteiger partial charge in [0.1, 0.15) is 0 Å². The molecule has 10 rings (SSSR count). The molecule has 0 spiro atoms. The summed E-state index contributed by atoms with van der Waals surface area (Å²) in [6, 6.07) is 73.1. The number of hydrogen-bond acceptors (Lipinski definition) is 5. The van der Waals surface area contributed by atoms with Gasteiger partial charge < -0.3 is 0 Å². The molecule has 0 unspecified atom stereocenters. The quantitative estimate of drug-likeness (QED) is 0.146. The van der Waals surface area contributed by atoms with Crippen LogP contribution in [0.2, 0.25) is 0 Å². The van der Waals surface area contributed by atoms with E-state index in [-0.39, 0.29) is 0 Å². The first-order valence-electron chi connectivity index (χ1n) is 20.0. The van der Waals surface area contributed by atoms with E-state index in [1.807, 2.05) is 85.2 Å². The van der Waals surface area contributed by atoms with Crippen molar-refractivity contribution in [2.45, 2.75) is 0 Å². The molecule has 0 aliphatic carbocycles. The molecule has 0 fully saturated rings. The summed E-state index contributed by atoms with van der Waals surface area (Å²) in [5, 5.41) is 0. The first kappa shape index (κ1) is 36.2. The van der Waals surface area contributed by atoms with Crippen molar-refractivity contribution in [3.05, 3.63) is 225 Å². The van der Waals surface area contributed by atoms with E-state index in [1.54, 1.807) is 0 Å². The minimum atomic E-state index is 0.663. The molecule has 0 aliphatic heterocycles. The smallest absolute Gasteiger partial charge is 0.160 e. The summed E-state index contributed by atoms with van der Waals surface area (Å²) in [6.07, 6.45) is 3.71. The summed E-state index contributed by atoms with van der Waals surface area (Å²) in [7, 11) is 0. The van der Waals surface area contributed by atoms with Gasteiger partial charge in [-0.1, -0.05) is 182 Å². The Morgan fingerprint density at radius 2 is 0.633 bits per heavy atom. The molecule has 282 valence electrons. The van der Waals surface area contributed by atoms with Crippen LogP contribution in [0.5, 0.6) is 0 Å². The summed E-state index contributed by atoms with van der Waals surface area (Å²) in [5.74, 6) is 1.34. The molecule has 0 radical (unpaired) electrons. The van der Waals surface area contributed by atoms with Crippen LogP contribution < -0.4 is 0 Å². The van der Waals surface area contributed by atoms with Gasteiger partial charge in [0.2, 0.25) is 0 Å². The molecule has 3 aromatic heterocycles. The van der Waals surface area contributed by atoms with E-state index in [4.69, 9.17) is 19.9 Å². The van der Waals surface area contributed by atoms with Gasteiger partial charge in [0.25, 0.3) is 0 Å². The van der Waals surface area contributed by atoms with Crippen LogP contribution in [0, 0.1) is 0 Å². The summed E-state index contributed by atoms with van der Waals surface area (Å²) in [4.78, 5) is 25.0. The zero-order chi connectivity index (χ0) is 40.1.